The number of nitrogens with zero attached hydrogens (tertiary/aromatic N) is 1. The number of hydrogen-bond donors (Lipinski definition) is 0. The lowest BCUT2D eigenvalue weighted by atomic mass is 9.83. The molecule has 18 heavy (non-hydrogen) atoms. The molecule has 2 heterocycles. The summed E-state index contributed by atoms with van der Waals surface area (Å²) in [6, 6.07) is 5.97. The number of ketones is 1. The number of Topliss-reactive ketones (excluding diaryl/α,β-unsaturated/α-hetero) is 1. The predicted octanol–water partition coefficient (Wildman–Crippen LogP) is 4.21. The van der Waals surface area contributed by atoms with Crippen molar-refractivity contribution in [2.45, 2.75) is 25.2 Å². The number of thiophene rings is 1. The number of aromatic nitrogens is 1. The number of pyridine rings is 1. The predicted molar refractivity (Wildman–Crippen MR) is 76.3 cm³/mol. The van der Waals surface area contributed by atoms with E-state index in [9.17, 15) is 4.79 Å². The zero-order chi connectivity index (χ0) is 12.5. The second kappa shape index (κ2) is 4.94. The highest BCUT2D eigenvalue weighted by molar-refractivity contribution is 9.10. The van der Waals surface area contributed by atoms with Crippen LogP contribution in [0.4, 0.5) is 0 Å². The second-order valence-corrected chi connectivity index (χ2v) is 6.22. The van der Waals surface area contributed by atoms with Crippen molar-refractivity contribution in [2.24, 2.45) is 0 Å². The fraction of sp³-hybridized carbons (Fsp3) is 0.286. The minimum absolute atomic E-state index is 0.0649. The maximum absolute atomic E-state index is 12.6. The first-order chi connectivity index (χ1) is 8.77. The molecule has 1 unspecified atom stereocenters. The fourth-order valence-electron chi connectivity index (χ4n) is 2.49. The average molecular weight is 322 g/mol. The van der Waals surface area contributed by atoms with Crippen LogP contribution in [0, 0.1) is 0 Å². The molecular formula is C14H12BrNOS. The fourth-order valence-corrected chi connectivity index (χ4v) is 4.05. The number of halogens is 1. The van der Waals surface area contributed by atoms with Crippen LogP contribution in [0.3, 0.4) is 0 Å². The average Bonchev–Trinajstić information content (AvgIpc) is 2.83. The summed E-state index contributed by atoms with van der Waals surface area (Å²) < 4.78 is 0.903. The molecule has 92 valence electrons. The van der Waals surface area contributed by atoms with E-state index < -0.39 is 0 Å². The molecule has 2 nitrogen and oxygen atoms in total. The lowest BCUT2D eigenvalue weighted by Gasteiger charge is -2.22. The highest BCUT2D eigenvalue weighted by Crippen LogP contribution is 2.35. The van der Waals surface area contributed by atoms with Gasteiger partial charge in [-0.15, -0.1) is 11.3 Å². The van der Waals surface area contributed by atoms with Gasteiger partial charge in [0, 0.05) is 10.7 Å². The first-order valence-electron chi connectivity index (χ1n) is 5.98. The molecule has 0 amide bonds. The topological polar surface area (TPSA) is 30.0 Å². The normalized spacial score (nSPS) is 18.4. The van der Waals surface area contributed by atoms with Crippen molar-refractivity contribution in [3.63, 3.8) is 0 Å². The molecule has 0 radical (unpaired) electrons. The quantitative estimate of drug-likeness (QED) is 0.775. The van der Waals surface area contributed by atoms with Gasteiger partial charge in [0.2, 0.25) is 0 Å². The Morgan fingerprint density at radius 3 is 3.11 bits per heavy atom. The Labute approximate surface area is 118 Å². The molecule has 0 saturated heterocycles. The summed E-state index contributed by atoms with van der Waals surface area (Å²) in [5.74, 6) is 0.140. The van der Waals surface area contributed by atoms with Crippen LogP contribution in [0.2, 0.25) is 0 Å². The Morgan fingerprint density at radius 2 is 2.33 bits per heavy atom. The molecule has 2 aromatic rings. The van der Waals surface area contributed by atoms with Crippen LogP contribution >= 0.6 is 27.3 Å². The van der Waals surface area contributed by atoms with Gasteiger partial charge >= 0.3 is 0 Å². The molecular weight excluding hydrogens is 310 g/mol. The third-order valence-corrected chi connectivity index (χ3v) is 5.20. The third kappa shape index (κ3) is 2.04. The van der Waals surface area contributed by atoms with Crippen LogP contribution < -0.4 is 0 Å². The molecule has 0 aliphatic heterocycles. The Morgan fingerprint density at radius 1 is 1.44 bits per heavy atom. The lowest BCUT2D eigenvalue weighted by molar-refractivity contribution is 0.0952. The monoisotopic (exact) mass is 321 g/mol. The highest BCUT2D eigenvalue weighted by Gasteiger charge is 2.29. The van der Waals surface area contributed by atoms with Crippen molar-refractivity contribution in [3.05, 3.63) is 50.4 Å². The van der Waals surface area contributed by atoms with Crippen LogP contribution in [-0.2, 0) is 6.42 Å². The number of rotatable bonds is 2. The molecule has 2 aromatic heterocycles. The second-order valence-electron chi connectivity index (χ2n) is 4.45. The van der Waals surface area contributed by atoms with Crippen molar-refractivity contribution < 1.29 is 4.79 Å². The lowest BCUT2D eigenvalue weighted by Crippen LogP contribution is -2.19. The summed E-state index contributed by atoms with van der Waals surface area (Å²) in [6.45, 7) is 0. The molecule has 3 rings (SSSR count). The van der Waals surface area contributed by atoms with E-state index in [1.807, 2.05) is 17.5 Å². The summed E-state index contributed by atoms with van der Waals surface area (Å²) in [4.78, 5) is 17.8. The highest BCUT2D eigenvalue weighted by atomic mass is 79.9. The van der Waals surface area contributed by atoms with E-state index in [0.29, 0.717) is 0 Å². The smallest absolute Gasteiger partial charge is 0.182 e. The summed E-state index contributed by atoms with van der Waals surface area (Å²) in [5, 5.41) is 1.94. The van der Waals surface area contributed by atoms with Gasteiger partial charge in [-0.1, -0.05) is 6.07 Å². The molecule has 4 heteroatoms. The van der Waals surface area contributed by atoms with Gasteiger partial charge in [0.1, 0.15) is 0 Å². The van der Waals surface area contributed by atoms with Crippen molar-refractivity contribution in [3.8, 4) is 0 Å². The van der Waals surface area contributed by atoms with Gasteiger partial charge in [-0.3, -0.25) is 9.78 Å². The van der Waals surface area contributed by atoms with Gasteiger partial charge in [-0.2, -0.15) is 0 Å². The van der Waals surface area contributed by atoms with Crippen molar-refractivity contribution >= 4 is 33.0 Å². The zero-order valence-electron chi connectivity index (χ0n) is 9.73. The third-order valence-electron chi connectivity index (χ3n) is 3.35. The summed E-state index contributed by atoms with van der Waals surface area (Å²) in [6.07, 6.45) is 4.80. The van der Waals surface area contributed by atoms with Gasteiger partial charge in [-0.05, 0) is 58.3 Å². The first kappa shape index (κ1) is 12.1. The zero-order valence-corrected chi connectivity index (χ0v) is 12.1. The van der Waals surface area contributed by atoms with Gasteiger partial charge < -0.3 is 0 Å². The van der Waals surface area contributed by atoms with Crippen molar-refractivity contribution in [1.29, 1.82) is 0 Å². The van der Waals surface area contributed by atoms with Gasteiger partial charge in [0.25, 0.3) is 0 Å². The Hall–Kier alpha value is -1.00. The summed E-state index contributed by atoms with van der Waals surface area (Å²) >= 11 is 4.94. The van der Waals surface area contributed by atoms with E-state index in [1.54, 1.807) is 6.20 Å². The molecule has 0 aromatic carbocycles. The van der Waals surface area contributed by atoms with Crippen molar-refractivity contribution in [1.82, 2.24) is 4.98 Å². The van der Waals surface area contributed by atoms with Gasteiger partial charge in [0.15, 0.2) is 5.78 Å². The first-order valence-corrected chi connectivity index (χ1v) is 7.65. The van der Waals surface area contributed by atoms with Crippen LogP contribution in [-0.4, -0.2) is 10.8 Å². The minimum Gasteiger partial charge on any atom is -0.292 e. The van der Waals surface area contributed by atoms with Crippen LogP contribution in [0.1, 0.15) is 39.7 Å². The maximum atomic E-state index is 12.6. The molecule has 0 saturated carbocycles. The minimum atomic E-state index is -0.0649. The van der Waals surface area contributed by atoms with E-state index in [0.717, 1.165) is 34.3 Å². The van der Waals surface area contributed by atoms with Crippen LogP contribution in [0.5, 0.6) is 0 Å². The Kier molecular flexibility index (Phi) is 3.31. The van der Waals surface area contributed by atoms with Crippen LogP contribution in [0.15, 0.2) is 34.2 Å². The van der Waals surface area contributed by atoms with E-state index in [1.165, 1.54) is 16.9 Å². The van der Waals surface area contributed by atoms with Gasteiger partial charge in [0.05, 0.1) is 16.5 Å². The number of fused-ring (bicyclic) bond motifs is 1. The van der Waals surface area contributed by atoms with Crippen molar-refractivity contribution in [2.75, 3.05) is 0 Å². The largest absolute Gasteiger partial charge is 0.292 e. The van der Waals surface area contributed by atoms with E-state index >= 15 is 0 Å². The number of carbonyl (C=O) groups is 1. The van der Waals surface area contributed by atoms with Gasteiger partial charge in [-0.25, -0.2) is 0 Å². The number of aryl methyl sites for hydroxylation is 1. The molecule has 0 spiro atoms. The molecule has 1 atom stereocenters. The maximum Gasteiger partial charge on any atom is 0.182 e. The SMILES string of the molecule is O=C(c1sccc1Br)C1CCCc2cccnc21. The molecule has 0 bridgehead atoms. The van der Waals surface area contributed by atoms with Crippen LogP contribution in [0.25, 0.3) is 0 Å². The molecule has 0 fully saturated rings. The molecule has 0 N–H and O–H groups in total. The summed E-state index contributed by atoms with van der Waals surface area (Å²) in [5.41, 5.74) is 2.21. The summed E-state index contributed by atoms with van der Waals surface area (Å²) in [7, 11) is 0. The molecule has 1 aliphatic carbocycles. The van der Waals surface area contributed by atoms with E-state index in [4.69, 9.17) is 0 Å². The number of hydrogen-bond acceptors (Lipinski definition) is 3. The Balaban J connectivity index is 2.00. The van der Waals surface area contributed by atoms with E-state index in [2.05, 4.69) is 27.0 Å². The number of carbonyl (C=O) groups excluding carboxylic acids is 1. The Bertz CT molecular complexity index is 593. The molecule has 1 aliphatic rings. The van der Waals surface area contributed by atoms with E-state index in [-0.39, 0.29) is 11.7 Å². The standard InChI is InChI=1S/C14H12BrNOS/c15-11-6-8-18-14(11)13(17)10-5-1-3-9-4-2-7-16-12(9)10/h2,4,6-8,10H,1,3,5H2.